The molecule has 0 radical (unpaired) electrons. The molecule has 2 aromatic rings. The van der Waals surface area contributed by atoms with Crippen molar-refractivity contribution in [1.82, 2.24) is 9.91 Å². The van der Waals surface area contributed by atoms with Crippen LogP contribution in [0, 0.1) is 19.8 Å². The van der Waals surface area contributed by atoms with Crippen molar-refractivity contribution in [2.24, 2.45) is 11.0 Å². The van der Waals surface area contributed by atoms with Gasteiger partial charge in [0, 0.05) is 17.5 Å². The number of ether oxygens (including phenoxy) is 3. The predicted molar refractivity (Wildman–Crippen MR) is 142 cm³/mol. The highest BCUT2D eigenvalue weighted by atomic mass is 16.5. The van der Waals surface area contributed by atoms with Gasteiger partial charge in [-0.2, -0.15) is 5.10 Å². The third kappa shape index (κ3) is 5.96. The first-order chi connectivity index (χ1) is 17.8. The quantitative estimate of drug-likeness (QED) is 0.497. The summed E-state index contributed by atoms with van der Waals surface area (Å²) < 4.78 is 16.3. The Morgan fingerprint density at radius 2 is 1.78 bits per heavy atom. The van der Waals surface area contributed by atoms with E-state index in [0.29, 0.717) is 50.5 Å². The molecule has 2 aromatic carbocycles. The second-order valence-electron chi connectivity index (χ2n) is 9.73. The Bertz CT molecular complexity index is 1170. The van der Waals surface area contributed by atoms with Crippen molar-refractivity contribution in [3.05, 3.63) is 58.7 Å². The minimum atomic E-state index is -0.315. The number of likely N-dealkylation sites (tertiary alicyclic amines) is 1. The second-order valence-corrected chi connectivity index (χ2v) is 9.73. The van der Waals surface area contributed by atoms with E-state index in [2.05, 4.69) is 36.9 Å². The minimum absolute atomic E-state index is 0.0789. The maximum Gasteiger partial charge on any atom is 0.309 e. The van der Waals surface area contributed by atoms with Crippen LogP contribution in [0.15, 0.2) is 41.5 Å². The van der Waals surface area contributed by atoms with Crippen molar-refractivity contribution < 1.29 is 23.8 Å². The smallest absolute Gasteiger partial charge is 0.309 e. The lowest BCUT2D eigenvalue weighted by atomic mass is 9.94. The van der Waals surface area contributed by atoms with Crippen LogP contribution in [-0.4, -0.2) is 68.0 Å². The lowest BCUT2D eigenvalue weighted by Crippen LogP contribution is -2.43. The van der Waals surface area contributed by atoms with Crippen LogP contribution in [0.25, 0.3) is 0 Å². The third-order valence-corrected chi connectivity index (χ3v) is 7.23. The fraction of sp³-hybridized carbons (Fsp3) is 0.483. The SMILES string of the molecule is CCOC(=O)C1CCN(CC(=O)N2N=C(c3cc(C)ccc3C)C[C@@H]2c2cc(OC)ccc2OC)CC1. The summed E-state index contributed by atoms with van der Waals surface area (Å²) >= 11 is 0. The van der Waals surface area contributed by atoms with Crippen molar-refractivity contribution in [3.63, 3.8) is 0 Å². The van der Waals surface area contributed by atoms with Gasteiger partial charge in [-0.25, -0.2) is 5.01 Å². The maximum absolute atomic E-state index is 13.7. The number of hydrogen-bond donors (Lipinski definition) is 0. The minimum Gasteiger partial charge on any atom is -0.497 e. The molecule has 1 saturated heterocycles. The van der Waals surface area contributed by atoms with Crippen LogP contribution >= 0.6 is 0 Å². The summed E-state index contributed by atoms with van der Waals surface area (Å²) in [5.74, 6) is 1.08. The van der Waals surface area contributed by atoms with Gasteiger partial charge in [-0.15, -0.1) is 0 Å². The van der Waals surface area contributed by atoms with Gasteiger partial charge in [-0.3, -0.25) is 14.5 Å². The van der Waals surface area contributed by atoms with Gasteiger partial charge in [0.1, 0.15) is 11.5 Å². The van der Waals surface area contributed by atoms with E-state index in [0.717, 1.165) is 28.0 Å². The number of esters is 1. The topological polar surface area (TPSA) is 80.7 Å². The monoisotopic (exact) mass is 507 g/mol. The number of rotatable bonds is 8. The molecule has 37 heavy (non-hydrogen) atoms. The molecule has 0 unspecified atom stereocenters. The predicted octanol–water partition coefficient (Wildman–Crippen LogP) is 4.27. The first kappa shape index (κ1) is 26.7. The summed E-state index contributed by atoms with van der Waals surface area (Å²) in [6, 6.07) is 11.6. The second kappa shape index (κ2) is 11.8. The number of amides is 1. The van der Waals surface area contributed by atoms with Gasteiger partial charge in [-0.05, 0) is 76.5 Å². The molecule has 0 saturated carbocycles. The van der Waals surface area contributed by atoms with Crippen LogP contribution < -0.4 is 9.47 Å². The molecule has 1 atom stereocenters. The van der Waals surface area contributed by atoms with Crippen molar-refractivity contribution in [1.29, 1.82) is 0 Å². The van der Waals surface area contributed by atoms with E-state index < -0.39 is 0 Å². The van der Waals surface area contributed by atoms with Gasteiger partial charge in [0.15, 0.2) is 0 Å². The Hall–Kier alpha value is -3.39. The summed E-state index contributed by atoms with van der Waals surface area (Å²) in [7, 11) is 3.26. The first-order valence-corrected chi connectivity index (χ1v) is 12.9. The van der Waals surface area contributed by atoms with Gasteiger partial charge in [0.25, 0.3) is 5.91 Å². The number of benzene rings is 2. The Kier molecular flexibility index (Phi) is 8.48. The summed E-state index contributed by atoms with van der Waals surface area (Å²) in [6.45, 7) is 7.92. The van der Waals surface area contributed by atoms with Crippen molar-refractivity contribution >= 4 is 17.6 Å². The van der Waals surface area contributed by atoms with Gasteiger partial charge in [-0.1, -0.05) is 17.7 Å². The molecule has 0 bridgehead atoms. The van der Waals surface area contributed by atoms with E-state index in [1.807, 2.05) is 25.1 Å². The van der Waals surface area contributed by atoms with Crippen molar-refractivity contribution in [3.8, 4) is 11.5 Å². The van der Waals surface area contributed by atoms with Crippen LogP contribution in [0.4, 0.5) is 0 Å². The number of nitrogens with zero attached hydrogens (tertiary/aromatic N) is 3. The third-order valence-electron chi connectivity index (χ3n) is 7.23. The molecule has 198 valence electrons. The molecule has 8 heteroatoms. The molecule has 0 spiro atoms. The van der Waals surface area contributed by atoms with Gasteiger partial charge in [0.05, 0.1) is 45.0 Å². The molecule has 0 N–H and O–H groups in total. The number of piperidine rings is 1. The van der Waals surface area contributed by atoms with E-state index in [1.165, 1.54) is 0 Å². The number of carbonyl (C=O) groups excluding carboxylic acids is 2. The average Bonchev–Trinajstić information content (AvgIpc) is 3.35. The number of hydrazone groups is 1. The van der Waals surface area contributed by atoms with Crippen molar-refractivity contribution in [2.75, 3.05) is 40.5 Å². The molecular weight excluding hydrogens is 470 g/mol. The highest BCUT2D eigenvalue weighted by molar-refractivity contribution is 6.04. The van der Waals surface area contributed by atoms with Crippen LogP contribution in [0.1, 0.15) is 54.5 Å². The Morgan fingerprint density at radius 3 is 2.46 bits per heavy atom. The van der Waals surface area contributed by atoms with Gasteiger partial charge < -0.3 is 14.2 Å². The highest BCUT2D eigenvalue weighted by Gasteiger charge is 2.37. The number of methoxy groups -OCH3 is 2. The first-order valence-electron chi connectivity index (χ1n) is 12.9. The maximum atomic E-state index is 13.7. The summed E-state index contributed by atoms with van der Waals surface area (Å²) in [5, 5.41) is 6.50. The zero-order valence-electron chi connectivity index (χ0n) is 22.5. The molecule has 2 aliphatic heterocycles. The molecule has 1 amide bonds. The van der Waals surface area contributed by atoms with Crippen LogP contribution in [0.2, 0.25) is 0 Å². The lowest BCUT2D eigenvalue weighted by Gasteiger charge is -2.32. The molecule has 0 aromatic heterocycles. The number of aryl methyl sites for hydroxylation is 2. The zero-order chi connectivity index (χ0) is 26.5. The molecule has 1 fully saturated rings. The number of hydrogen-bond acceptors (Lipinski definition) is 7. The lowest BCUT2D eigenvalue weighted by molar-refractivity contribution is -0.149. The van der Waals surface area contributed by atoms with Crippen molar-refractivity contribution in [2.45, 2.75) is 46.1 Å². The summed E-state index contributed by atoms with van der Waals surface area (Å²) in [5.41, 5.74) is 5.06. The largest absolute Gasteiger partial charge is 0.497 e. The summed E-state index contributed by atoms with van der Waals surface area (Å²) in [4.78, 5) is 27.9. The molecule has 4 rings (SSSR count). The van der Waals surface area contributed by atoms with E-state index >= 15 is 0 Å². The van der Waals surface area contributed by atoms with Crippen LogP contribution in [-0.2, 0) is 14.3 Å². The van der Waals surface area contributed by atoms with E-state index in [-0.39, 0.29) is 30.4 Å². The molecule has 2 aliphatic rings. The zero-order valence-corrected chi connectivity index (χ0v) is 22.5. The van der Waals surface area contributed by atoms with Gasteiger partial charge in [0.2, 0.25) is 0 Å². The molecular formula is C29H37N3O5. The van der Waals surface area contributed by atoms with Crippen LogP contribution in [0.3, 0.4) is 0 Å². The Balaban J connectivity index is 1.59. The van der Waals surface area contributed by atoms with E-state index in [4.69, 9.17) is 19.3 Å². The normalized spacial score (nSPS) is 18.5. The van der Waals surface area contributed by atoms with Gasteiger partial charge >= 0.3 is 5.97 Å². The average molecular weight is 508 g/mol. The standard InChI is InChI=1S/C29H37N3O5/c1-6-37-29(34)21-11-13-31(14-12-21)18-28(33)32-26(24-16-22(35-4)9-10-27(24)36-5)17-25(30-32)23-15-19(2)7-8-20(23)3/h7-10,15-16,21,26H,6,11-14,17-18H2,1-5H3/t26-/m1/s1. The fourth-order valence-electron chi connectivity index (χ4n) is 5.14. The van der Waals surface area contributed by atoms with E-state index in [1.54, 1.807) is 19.2 Å². The summed E-state index contributed by atoms with van der Waals surface area (Å²) in [6.07, 6.45) is 1.96. The highest BCUT2D eigenvalue weighted by Crippen LogP contribution is 2.40. The van der Waals surface area contributed by atoms with E-state index in [9.17, 15) is 9.59 Å². The molecule has 0 aliphatic carbocycles. The molecule has 8 nitrogen and oxygen atoms in total. The fourth-order valence-corrected chi connectivity index (χ4v) is 5.14. The Morgan fingerprint density at radius 1 is 1.03 bits per heavy atom. The van der Waals surface area contributed by atoms with Crippen LogP contribution in [0.5, 0.6) is 11.5 Å². The molecule has 2 heterocycles. The number of carbonyl (C=O) groups is 2. The Labute approximate surface area is 219 Å².